The fourth-order valence-electron chi connectivity index (χ4n) is 7.09. The minimum absolute atomic E-state index is 0.165. The van der Waals surface area contributed by atoms with Gasteiger partial charge < -0.3 is 8.85 Å². The molecule has 0 aliphatic carbocycles. The topological polar surface area (TPSA) is 35.5 Å². The van der Waals surface area contributed by atoms with Crippen molar-refractivity contribution in [3.63, 3.8) is 0 Å². The van der Waals surface area contributed by atoms with Gasteiger partial charge in [-0.25, -0.2) is 0 Å². The van der Waals surface area contributed by atoms with Crippen molar-refractivity contribution in [2.24, 2.45) is 0 Å². The Kier molecular flexibility index (Phi) is 19.0. The van der Waals surface area contributed by atoms with Crippen molar-refractivity contribution in [3.05, 3.63) is 36.5 Å². The highest BCUT2D eigenvalue weighted by atomic mass is 28.4. The number of ketones is 1. The van der Waals surface area contributed by atoms with Gasteiger partial charge in [-0.15, -0.1) is 0 Å². The second kappa shape index (κ2) is 19.4. The maximum absolute atomic E-state index is 12.4. The summed E-state index contributed by atoms with van der Waals surface area (Å²) in [5.74, 6) is 0.229. The Morgan fingerprint density at radius 2 is 1.18 bits per heavy atom. The lowest BCUT2D eigenvalue weighted by Crippen LogP contribution is -2.51. The number of rotatable bonds is 21. The number of hydrogen-bond donors (Lipinski definition) is 0. The van der Waals surface area contributed by atoms with Crippen molar-refractivity contribution in [2.45, 2.75) is 168 Å². The lowest BCUT2D eigenvalue weighted by Gasteiger charge is -2.45. The molecular weight excluding hydrogens is 513 g/mol. The van der Waals surface area contributed by atoms with E-state index in [1.165, 1.54) is 0 Å². The van der Waals surface area contributed by atoms with Crippen LogP contribution in [0.5, 0.6) is 0 Å². The lowest BCUT2D eigenvalue weighted by molar-refractivity contribution is -0.114. The van der Waals surface area contributed by atoms with Gasteiger partial charge in [0.1, 0.15) is 0 Å². The lowest BCUT2D eigenvalue weighted by atomic mass is 10.1. The minimum atomic E-state index is -2.01. The van der Waals surface area contributed by atoms with Crippen LogP contribution in [0.15, 0.2) is 36.5 Å². The fraction of sp³-hybridized carbons (Fsp3) is 0.794. The van der Waals surface area contributed by atoms with Crippen molar-refractivity contribution in [1.29, 1.82) is 0 Å². The molecule has 0 aliphatic heterocycles. The summed E-state index contributed by atoms with van der Waals surface area (Å²) in [6.45, 7) is 31.1. The largest absolute Gasteiger partial charge is 0.416 e. The summed E-state index contributed by atoms with van der Waals surface area (Å²) in [6.07, 6.45) is 17.5. The maximum atomic E-state index is 12.4. The first-order valence-electron chi connectivity index (χ1n) is 16.0. The Morgan fingerprint density at radius 3 is 1.64 bits per heavy atom. The molecule has 0 rings (SSSR count). The van der Waals surface area contributed by atoms with E-state index >= 15 is 0 Å². The first-order chi connectivity index (χ1) is 18.2. The molecule has 0 N–H and O–H groups in total. The first-order valence-corrected chi connectivity index (χ1v) is 20.3. The van der Waals surface area contributed by atoms with Crippen molar-refractivity contribution in [1.82, 2.24) is 0 Å². The smallest absolute Gasteiger partial charge is 0.200 e. The van der Waals surface area contributed by atoms with Crippen LogP contribution >= 0.6 is 0 Å². The summed E-state index contributed by atoms with van der Waals surface area (Å²) in [6, 6.07) is 0. The van der Waals surface area contributed by atoms with E-state index in [1.54, 1.807) is 6.08 Å². The summed E-state index contributed by atoms with van der Waals surface area (Å²) < 4.78 is 14.2. The zero-order valence-corrected chi connectivity index (χ0v) is 30.2. The van der Waals surface area contributed by atoms with Crippen LogP contribution in [0.1, 0.15) is 129 Å². The highest BCUT2D eigenvalue weighted by Crippen LogP contribution is 2.45. The Bertz CT molecular complexity index is 704. The molecule has 0 bridgehead atoms. The van der Waals surface area contributed by atoms with E-state index in [0.29, 0.717) is 39.7 Å². The highest BCUT2D eigenvalue weighted by molar-refractivity contribution is 6.78. The number of carbonyl (C=O) groups excluding carboxylic acids is 1. The standard InChI is InChI=1S/C34H66O3Si2/c1-14-15-16-17-18-19-22-33(35)23-20-21-24-34(37-39(30(8)9,31(10)11)32(12)13)25-26-36-38(27(2)3,28(4)5)29(6)7/h14-17,20,23,27-32,34H,18-19,21-22,24-26H2,1-13H3/b15-14+,17-16+,23-20-/t34-/m1/s1. The Morgan fingerprint density at radius 1 is 0.667 bits per heavy atom. The van der Waals surface area contributed by atoms with E-state index in [9.17, 15) is 4.79 Å². The molecule has 3 nitrogen and oxygen atoms in total. The van der Waals surface area contributed by atoms with Gasteiger partial charge in [0, 0.05) is 19.1 Å². The van der Waals surface area contributed by atoms with Crippen molar-refractivity contribution >= 4 is 22.4 Å². The van der Waals surface area contributed by atoms with Crippen LogP contribution in [-0.2, 0) is 13.6 Å². The molecule has 228 valence electrons. The van der Waals surface area contributed by atoms with E-state index in [2.05, 4.69) is 101 Å². The van der Waals surface area contributed by atoms with Crippen LogP contribution in [0.25, 0.3) is 0 Å². The summed E-state index contributed by atoms with van der Waals surface area (Å²) in [7, 11) is -3.92. The van der Waals surface area contributed by atoms with Gasteiger partial charge in [-0.1, -0.05) is 113 Å². The molecule has 0 aromatic carbocycles. The minimum Gasteiger partial charge on any atom is -0.416 e. The third-order valence-corrected chi connectivity index (χ3v) is 21.0. The Hall–Kier alpha value is -0.756. The zero-order chi connectivity index (χ0) is 30.2. The van der Waals surface area contributed by atoms with Crippen molar-refractivity contribution in [2.75, 3.05) is 6.61 Å². The van der Waals surface area contributed by atoms with Gasteiger partial charge in [0.25, 0.3) is 0 Å². The number of allylic oxidation sites excluding steroid dienone is 6. The maximum Gasteiger partial charge on any atom is 0.200 e. The van der Waals surface area contributed by atoms with E-state index in [4.69, 9.17) is 8.85 Å². The molecule has 0 aliphatic rings. The number of unbranched alkanes of at least 4 members (excludes halogenated alkanes) is 1. The molecule has 0 saturated heterocycles. The molecular formula is C34H66O3Si2. The van der Waals surface area contributed by atoms with Gasteiger partial charge >= 0.3 is 0 Å². The number of carbonyl (C=O) groups is 1. The van der Waals surface area contributed by atoms with E-state index in [1.807, 2.05) is 19.1 Å². The van der Waals surface area contributed by atoms with Gasteiger partial charge in [-0.3, -0.25) is 4.79 Å². The molecule has 0 aromatic heterocycles. The molecule has 0 aromatic rings. The van der Waals surface area contributed by atoms with Gasteiger partial charge in [0.05, 0.1) is 0 Å². The second-order valence-electron chi connectivity index (χ2n) is 13.3. The highest BCUT2D eigenvalue weighted by Gasteiger charge is 2.47. The van der Waals surface area contributed by atoms with Gasteiger partial charge in [-0.05, 0) is 78.4 Å². The summed E-state index contributed by atoms with van der Waals surface area (Å²) >= 11 is 0. The predicted molar refractivity (Wildman–Crippen MR) is 179 cm³/mol. The molecule has 0 unspecified atom stereocenters. The molecule has 0 radical (unpaired) electrons. The quantitative estimate of drug-likeness (QED) is 0.0588. The average Bonchev–Trinajstić information content (AvgIpc) is 2.82. The summed E-state index contributed by atoms with van der Waals surface area (Å²) in [4.78, 5) is 12.4. The third-order valence-electron chi connectivity index (χ3n) is 8.77. The molecule has 1 atom stereocenters. The van der Waals surface area contributed by atoms with Crippen LogP contribution < -0.4 is 0 Å². The predicted octanol–water partition coefficient (Wildman–Crippen LogP) is 11.3. The molecule has 0 fully saturated rings. The zero-order valence-electron chi connectivity index (χ0n) is 28.2. The monoisotopic (exact) mass is 578 g/mol. The molecule has 5 heteroatoms. The normalized spacial score (nSPS) is 14.7. The molecule has 39 heavy (non-hydrogen) atoms. The molecule has 0 amide bonds. The number of hydrogen-bond acceptors (Lipinski definition) is 3. The fourth-order valence-corrected chi connectivity index (χ4v) is 18.2. The van der Waals surface area contributed by atoms with Crippen molar-refractivity contribution < 1.29 is 13.6 Å². The van der Waals surface area contributed by atoms with Crippen LogP contribution in [0, 0.1) is 0 Å². The molecule has 0 heterocycles. The van der Waals surface area contributed by atoms with Crippen LogP contribution in [0.2, 0.25) is 33.2 Å². The summed E-state index contributed by atoms with van der Waals surface area (Å²) in [5, 5.41) is 0. The van der Waals surface area contributed by atoms with Crippen LogP contribution in [-0.4, -0.2) is 35.1 Å². The summed E-state index contributed by atoms with van der Waals surface area (Å²) in [5.41, 5.74) is 3.40. The Labute approximate surface area is 246 Å². The SMILES string of the molecule is C/C=C/C=C/CCCC(=O)/C=C\CC[C@H](CCO[Si](C(C)C)(C(C)C)C(C)C)O[Si](C(C)C)(C(C)C)C(C)C. The van der Waals surface area contributed by atoms with Crippen molar-refractivity contribution in [3.8, 4) is 0 Å². The Balaban J connectivity index is 5.52. The van der Waals surface area contributed by atoms with E-state index in [0.717, 1.165) is 38.7 Å². The van der Waals surface area contributed by atoms with Gasteiger partial charge in [0.15, 0.2) is 14.1 Å². The average molecular weight is 579 g/mol. The van der Waals surface area contributed by atoms with Gasteiger partial charge in [0.2, 0.25) is 8.32 Å². The van der Waals surface area contributed by atoms with Crippen LogP contribution in [0.3, 0.4) is 0 Å². The molecule has 0 saturated carbocycles. The molecule has 0 spiro atoms. The van der Waals surface area contributed by atoms with Gasteiger partial charge in [-0.2, -0.15) is 0 Å². The second-order valence-corrected chi connectivity index (χ2v) is 24.2. The third kappa shape index (κ3) is 11.9. The van der Waals surface area contributed by atoms with E-state index in [-0.39, 0.29) is 11.9 Å². The van der Waals surface area contributed by atoms with E-state index < -0.39 is 16.6 Å². The first kappa shape index (κ1) is 38.2. The van der Waals surface area contributed by atoms with Crippen LogP contribution in [0.4, 0.5) is 0 Å².